The lowest BCUT2D eigenvalue weighted by atomic mass is 9.93. The molecule has 1 amide bonds. The fourth-order valence-electron chi connectivity index (χ4n) is 4.33. The molecule has 0 spiro atoms. The Hall–Kier alpha value is -3.42. The normalized spacial score (nSPS) is 17.0. The summed E-state index contributed by atoms with van der Waals surface area (Å²) >= 11 is 0. The largest absolute Gasteiger partial charge is 0.350 e. The molecule has 30 heavy (non-hydrogen) atoms. The number of hydrogen-bond donors (Lipinski definition) is 1. The van der Waals surface area contributed by atoms with Gasteiger partial charge in [0, 0.05) is 42.7 Å². The number of amides is 1. The Morgan fingerprint density at radius 3 is 2.70 bits per heavy atom. The molecule has 1 N–H and O–H groups in total. The third kappa shape index (κ3) is 2.82. The standard InChI is InChI=1S/C22H23N7O/c30-21(27-9-1-2-10-27)19-13-23-20-7-6-15(14-28(19)20)17-8-11-29-18(17)12-24-22(26-29)25-16-4-3-5-16/h6-8,11-14,16H,1-5,9-10H2,(H,25,26). The Bertz CT molecular complexity index is 1250. The van der Waals surface area contributed by atoms with Crippen LogP contribution in [0, 0.1) is 0 Å². The van der Waals surface area contributed by atoms with Crippen LogP contribution in [0.15, 0.2) is 43.0 Å². The number of pyridine rings is 1. The molecule has 1 saturated heterocycles. The molecule has 0 aromatic carbocycles. The second kappa shape index (κ2) is 6.83. The van der Waals surface area contributed by atoms with Gasteiger partial charge in [0.15, 0.2) is 0 Å². The second-order valence-electron chi connectivity index (χ2n) is 8.20. The van der Waals surface area contributed by atoms with Crippen molar-refractivity contribution < 1.29 is 4.79 Å². The summed E-state index contributed by atoms with van der Waals surface area (Å²) in [6.07, 6.45) is 13.3. The van der Waals surface area contributed by atoms with Crippen LogP contribution in [-0.4, -0.2) is 53.9 Å². The first-order valence-corrected chi connectivity index (χ1v) is 10.6. The molecule has 2 fully saturated rings. The average molecular weight is 401 g/mol. The van der Waals surface area contributed by atoms with Gasteiger partial charge in [0.2, 0.25) is 5.95 Å². The molecule has 1 saturated carbocycles. The summed E-state index contributed by atoms with van der Waals surface area (Å²) < 4.78 is 3.75. The molecule has 0 radical (unpaired) electrons. The van der Waals surface area contributed by atoms with Crippen molar-refractivity contribution in [3.8, 4) is 11.1 Å². The number of nitrogens with zero attached hydrogens (tertiary/aromatic N) is 6. The molecule has 2 aliphatic rings. The number of likely N-dealkylation sites (tertiary alicyclic amines) is 1. The third-order valence-electron chi connectivity index (χ3n) is 6.28. The maximum atomic E-state index is 12.9. The molecule has 4 aromatic rings. The molecule has 1 aliphatic heterocycles. The molecule has 1 aliphatic carbocycles. The minimum Gasteiger partial charge on any atom is -0.350 e. The molecule has 4 aromatic heterocycles. The van der Waals surface area contributed by atoms with Gasteiger partial charge in [0.1, 0.15) is 11.3 Å². The number of anilines is 1. The van der Waals surface area contributed by atoms with E-state index in [0.29, 0.717) is 17.7 Å². The maximum absolute atomic E-state index is 12.9. The first-order chi connectivity index (χ1) is 14.8. The van der Waals surface area contributed by atoms with Crippen LogP contribution in [0.4, 0.5) is 5.95 Å². The first-order valence-electron chi connectivity index (χ1n) is 10.6. The number of carbonyl (C=O) groups is 1. The second-order valence-corrected chi connectivity index (χ2v) is 8.20. The van der Waals surface area contributed by atoms with Crippen molar-refractivity contribution in [3.05, 3.63) is 48.7 Å². The summed E-state index contributed by atoms with van der Waals surface area (Å²) in [4.78, 5) is 23.8. The Balaban J connectivity index is 1.36. The van der Waals surface area contributed by atoms with Gasteiger partial charge in [0.25, 0.3) is 5.91 Å². The van der Waals surface area contributed by atoms with E-state index in [1.165, 1.54) is 19.3 Å². The summed E-state index contributed by atoms with van der Waals surface area (Å²) in [5.41, 5.74) is 4.34. The van der Waals surface area contributed by atoms with E-state index in [-0.39, 0.29) is 5.91 Å². The van der Waals surface area contributed by atoms with Crippen molar-refractivity contribution in [3.63, 3.8) is 0 Å². The van der Waals surface area contributed by atoms with Gasteiger partial charge in [-0.15, -0.1) is 5.10 Å². The number of nitrogens with one attached hydrogen (secondary N) is 1. The summed E-state index contributed by atoms with van der Waals surface area (Å²) in [6, 6.07) is 6.51. The van der Waals surface area contributed by atoms with E-state index in [0.717, 1.165) is 48.2 Å². The van der Waals surface area contributed by atoms with Crippen molar-refractivity contribution in [2.45, 2.75) is 38.1 Å². The summed E-state index contributed by atoms with van der Waals surface area (Å²) in [7, 11) is 0. The van der Waals surface area contributed by atoms with E-state index < -0.39 is 0 Å². The zero-order valence-electron chi connectivity index (χ0n) is 16.7. The number of imidazole rings is 1. The van der Waals surface area contributed by atoms with Crippen LogP contribution in [0.1, 0.15) is 42.6 Å². The lowest BCUT2D eigenvalue weighted by Crippen LogP contribution is -2.28. The van der Waals surface area contributed by atoms with E-state index >= 15 is 0 Å². The lowest BCUT2D eigenvalue weighted by Gasteiger charge is -2.26. The molecular weight excluding hydrogens is 378 g/mol. The number of fused-ring (bicyclic) bond motifs is 2. The van der Waals surface area contributed by atoms with E-state index in [1.54, 1.807) is 6.20 Å². The van der Waals surface area contributed by atoms with E-state index in [1.807, 2.05) is 50.6 Å². The molecule has 152 valence electrons. The van der Waals surface area contributed by atoms with E-state index in [2.05, 4.69) is 20.4 Å². The van der Waals surface area contributed by atoms with Crippen LogP contribution in [-0.2, 0) is 0 Å². The Labute approximate surface area is 173 Å². The molecule has 0 atom stereocenters. The number of hydrogen-bond acceptors (Lipinski definition) is 5. The highest BCUT2D eigenvalue weighted by molar-refractivity contribution is 5.93. The molecule has 0 bridgehead atoms. The number of carbonyl (C=O) groups excluding carboxylic acids is 1. The number of aromatic nitrogens is 5. The summed E-state index contributed by atoms with van der Waals surface area (Å²) in [5.74, 6) is 0.715. The monoisotopic (exact) mass is 401 g/mol. The quantitative estimate of drug-likeness (QED) is 0.568. The van der Waals surface area contributed by atoms with Crippen molar-refractivity contribution in [2.75, 3.05) is 18.4 Å². The SMILES string of the molecule is O=C(c1cnc2ccc(-c3ccn4nc(NC5CCC5)ncc34)cn12)N1CCCC1. The summed E-state index contributed by atoms with van der Waals surface area (Å²) in [6.45, 7) is 1.65. The third-order valence-corrected chi connectivity index (χ3v) is 6.28. The fourth-order valence-corrected chi connectivity index (χ4v) is 4.33. The van der Waals surface area contributed by atoms with Gasteiger partial charge in [-0.1, -0.05) is 0 Å². The van der Waals surface area contributed by atoms with E-state index in [9.17, 15) is 4.79 Å². The van der Waals surface area contributed by atoms with Gasteiger partial charge in [-0.25, -0.2) is 14.5 Å². The minimum atomic E-state index is 0.0499. The van der Waals surface area contributed by atoms with Crippen LogP contribution in [0.5, 0.6) is 0 Å². The van der Waals surface area contributed by atoms with Crippen LogP contribution in [0.2, 0.25) is 0 Å². The molecule has 6 rings (SSSR count). The highest BCUT2D eigenvalue weighted by Gasteiger charge is 2.23. The average Bonchev–Trinajstić information content (AvgIpc) is 3.48. The lowest BCUT2D eigenvalue weighted by molar-refractivity contribution is 0.0786. The van der Waals surface area contributed by atoms with Gasteiger partial charge in [-0.3, -0.25) is 9.20 Å². The van der Waals surface area contributed by atoms with Crippen molar-refractivity contribution >= 4 is 23.0 Å². The van der Waals surface area contributed by atoms with Crippen LogP contribution >= 0.6 is 0 Å². The van der Waals surface area contributed by atoms with E-state index in [4.69, 9.17) is 0 Å². The number of rotatable bonds is 4. The van der Waals surface area contributed by atoms with Crippen molar-refractivity contribution in [2.24, 2.45) is 0 Å². The highest BCUT2D eigenvalue weighted by Crippen LogP contribution is 2.27. The van der Waals surface area contributed by atoms with Crippen LogP contribution < -0.4 is 5.32 Å². The molecule has 8 nitrogen and oxygen atoms in total. The zero-order valence-corrected chi connectivity index (χ0v) is 16.7. The van der Waals surface area contributed by atoms with Gasteiger partial charge in [-0.05, 0) is 50.3 Å². The zero-order chi connectivity index (χ0) is 20.1. The Kier molecular flexibility index (Phi) is 3.97. The van der Waals surface area contributed by atoms with Crippen LogP contribution in [0.25, 0.3) is 22.3 Å². The van der Waals surface area contributed by atoms with Crippen LogP contribution in [0.3, 0.4) is 0 Å². The molecule has 5 heterocycles. The fraction of sp³-hybridized carbons (Fsp3) is 0.364. The predicted octanol–water partition coefficient (Wildman–Crippen LogP) is 3.24. The predicted molar refractivity (Wildman–Crippen MR) is 114 cm³/mol. The topological polar surface area (TPSA) is 79.8 Å². The molecule has 0 unspecified atom stereocenters. The van der Waals surface area contributed by atoms with Gasteiger partial charge in [-0.2, -0.15) is 0 Å². The Morgan fingerprint density at radius 2 is 1.90 bits per heavy atom. The maximum Gasteiger partial charge on any atom is 0.272 e. The first kappa shape index (κ1) is 17.4. The Morgan fingerprint density at radius 1 is 1.03 bits per heavy atom. The van der Waals surface area contributed by atoms with Gasteiger partial charge < -0.3 is 10.2 Å². The van der Waals surface area contributed by atoms with Gasteiger partial charge >= 0.3 is 0 Å². The van der Waals surface area contributed by atoms with Gasteiger partial charge in [0.05, 0.1) is 17.9 Å². The highest BCUT2D eigenvalue weighted by atomic mass is 16.2. The molecule has 8 heteroatoms. The smallest absolute Gasteiger partial charge is 0.272 e. The minimum absolute atomic E-state index is 0.0499. The molecular formula is C22H23N7O. The van der Waals surface area contributed by atoms with Crippen molar-refractivity contribution in [1.82, 2.24) is 28.9 Å². The van der Waals surface area contributed by atoms with Crippen molar-refractivity contribution in [1.29, 1.82) is 0 Å². The summed E-state index contributed by atoms with van der Waals surface area (Å²) in [5, 5.41) is 8.00.